The van der Waals surface area contributed by atoms with E-state index < -0.39 is 0 Å². The third-order valence-corrected chi connectivity index (χ3v) is 4.27. The van der Waals surface area contributed by atoms with Crippen molar-refractivity contribution < 1.29 is 4.74 Å². The van der Waals surface area contributed by atoms with Crippen molar-refractivity contribution in [2.75, 3.05) is 12.4 Å². The lowest BCUT2D eigenvalue weighted by molar-refractivity contribution is 0.313. The van der Waals surface area contributed by atoms with Crippen LogP contribution in [-0.2, 0) is 0 Å². The van der Waals surface area contributed by atoms with E-state index in [4.69, 9.17) is 10.00 Å². The first-order valence-electron chi connectivity index (χ1n) is 7.39. The lowest BCUT2D eigenvalue weighted by Crippen LogP contribution is -2.19. The monoisotopic (exact) mass is 272 g/mol. The molecule has 3 nitrogen and oxygen atoms in total. The molecule has 20 heavy (non-hydrogen) atoms. The van der Waals surface area contributed by atoms with E-state index in [9.17, 15) is 0 Å². The molecule has 0 aliphatic heterocycles. The zero-order chi connectivity index (χ0) is 14.6. The van der Waals surface area contributed by atoms with Crippen LogP contribution in [0.5, 0.6) is 5.75 Å². The van der Waals surface area contributed by atoms with Crippen LogP contribution in [0.3, 0.4) is 0 Å². The zero-order valence-electron chi connectivity index (χ0n) is 12.7. The van der Waals surface area contributed by atoms with E-state index in [-0.39, 0.29) is 0 Å². The summed E-state index contributed by atoms with van der Waals surface area (Å²) in [5.74, 6) is 0.757. The van der Waals surface area contributed by atoms with Crippen LogP contribution in [0.4, 0.5) is 5.69 Å². The number of anilines is 1. The zero-order valence-corrected chi connectivity index (χ0v) is 12.7. The average molecular weight is 272 g/mol. The fraction of sp³-hybridized carbons (Fsp3) is 0.588. The van der Waals surface area contributed by atoms with Gasteiger partial charge in [-0.15, -0.1) is 0 Å². The SMILES string of the molecule is COc1cc(C#N)ccc1NC1CCCC(C)(C)CC1. The minimum absolute atomic E-state index is 0.463. The molecule has 0 bridgehead atoms. The second kappa shape index (κ2) is 6.17. The van der Waals surface area contributed by atoms with Crippen molar-refractivity contribution in [2.24, 2.45) is 5.41 Å². The summed E-state index contributed by atoms with van der Waals surface area (Å²) in [4.78, 5) is 0. The Morgan fingerprint density at radius 3 is 2.80 bits per heavy atom. The van der Waals surface area contributed by atoms with Gasteiger partial charge in [0.25, 0.3) is 0 Å². The van der Waals surface area contributed by atoms with Gasteiger partial charge in [0.15, 0.2) is 0 Å². The van der Waals surface area contributed by atoms with Crippen LogP contribution >= 0.6 is 0 Å². The molecule has 1 aromatic rings. The van der Waals surface area contributed by atoms with Gasteiger partial charge in [-0.1, -0.05) is 20.3 Å². The molecule has 0 radical (unpaired) electrons. The predicted octanol–water partition coefficient (Wildman–Crippen LogP) is 4.34. The number of hydrogen-bond acceptors (Lipinski definition) is 3. The lowest BCUT2D eigenvalue weighted by atomic mass is 9.85. The number of nitriles is 1. The molecule has 1 fully saturated rings. The summed E-state index contributed by atoms with van der Waals surface area (Å²) in [7, 11) is 1.65. The topological polar surface area (TPSA) is 45.0 Å². The van der Waals surface area contributed by atoms with Crippen LogP contribution in [0.15, 0.2) is 18.2 Å². The molecule has 0 heterocycles. The maximum absolute atomic E-state index is 8.94. The van der Waals surface area contributed by atoms with Gasteiger partial charge in [0.2, 0.25) is 0 Å². The maximum atomic E-state index is 8.94. The molecule has 1 saturated carbocycles. The Morgan fingerprint density at radius 1 is 1.30 bits per heavy atom. The lowest BCUT2D eigenvalue weighted by Gasteiger charge is -2.23. The number of hydrogen-bond donors (Lipinski definition) is 1. The molecule has 0 saturated heterocycles. The maximum Gasteiger partial charge on any atom is 0.143 e. The van der Waals surface area contributed by atoms with Crippen LogP contribution in [0.2, 0.25) is 0 Å². The second-order valence-corrected chi connectivity index (χ2v) is 6.46. The summed E-state index contributed by atoms with van der Waals surface area (Å²) in [5, 5.41) is 12.5. The molecule has 1 aromatic carbocycles. The smallest absolute Gasteiger partial charge is 0.143 e. The van der Waals surface area contributed by atoms with E-state index in [2.05, 4.69) is 25.2 Å². The molecule has 1 atom stereocenters. The summed E-state index contributed by atoms with van der Waals surface area (Å²) >= 11 is 0. The Hall–Kier alpha value is -1.69. The van der Waals surface area contributed by atoms with Gasteiger partial charge in [-0.25, -0.2) is 0 Å². The molecule has 1 aliphatic rings. The van der Waals surface area contributed by atoms with Crippen LogP contribution in [0, 0.1) is 16.7 Å². The summed E-state index contributed by atoms with van der Waals surface area (Å²) in [6.45, 7) is 4.72. The van der Waals surface area contributed by atoms with Gasteiger partial charge in [0, 0.05) is 12.1 Å². The molecule has 0 amide bonds. The minimum atomic E-state index is 0.463. The standard InChI is InChI=1S/C17H24N2O/c1-17(2)9-4-5-14(8-10-17)19-15-7-6-13(12-18)11-16(15)20-3/h6-7,11,14,19H,4-5,8-10H2,1-3H3. The van der Waals surface area contributed by atoms with Gasteiger partial charge in [0.05, 0.1) is 24.4 Å². The van der Waals surface area contributed by atoms with E-state index in [1.807, 2.05) is 12.1 Å². The first kappa shape index (κ1) is 14.7. The van der Waals surface area contributed by atoms with Crippen molar-refractivity contribution in [1.29, 1.82) is 5.26 Å². The summed E-state index contributed by atoms with van der Waals surface area (Å²) in [6.07, 6.45) is 6.21. The summed E-state index contributed by atoms with van der Waals surface area (Å²) in [6, 6.07) is 8.23. The highest BCUT2D eigenvalue weighted by atomic mass is 16.5. The van der Waals surface area contributed by atoms with Crippen molar-refractivity contribution in [3.8, 4) is 11.8 Å². The number of methoxy groups -OCH3 is 1. The molecular formula is C17H24N2O. The molecule has 0 aromatic heterocycles. The minimum Gasteiger partial charge on any atom is -0.495 e. The third-order valence-electron chi connectivity index (χ3n) is 4.27. The summed E-state index contributed by atoms with van der Waals surface area (Å²) < 4.78 is 5.39. The Balaban J connectivity index is 2.08. The Labute approximate surface area is 121 Å². The van der Waals surface area contributed by atoms with Gasteiger partial charge >= 0.3 is 0 Å². The van der Waals surface area contributed by atoms with Crippen molar-refractivity contribution in [2.45, 2.75) is 52.0 Å². The molecule has 1 aliphatic carbocycles. The molecular weight excluding hydrogens is 248 g/mol. The Kier molecular flexibility index (Phi) is 4.54. The number of ether oxygens (including phenoxy) is 1. The van der Waals surface area contributed by atoms with E-state index >= 15 is 0 Å². The van der Waals surface area contributed by atoms with Crippen molar-refractivity contribution in [3.63, 3.8) is 0 Å². The first-order chi connectivity index (χ1) is 9.54. The predicted molar refractivity (Wildman–Crippen MR) is 82.0 cm³/mol. The van der Waals surface area contributed by atoms with E-state index in [0.29, 0.717) is 17.0 Å². The van der Waals surface area contributed by atoms with Crippen LogP contribution < -0.4 is 10.1 Å². The quantitative estimate of drug-likeness (QED) is 0.833. The molecule has 108 valence electrons. The van der Waals surface area contributed by atoms with Crippen molar-refractivity contribution in [3.05, 3.63) is 23.8 Å². The Morgan fingerprint density at radius 2 is 2.10 bits per heavy atom. The van der Waals surface area contributed by atoms with Crippen molar-refractivity contribution >= 4 is 5.69 Å². The largest absolute Gasteiger partial charge is 0.495 e. The fourth-order valence-electron chi connectivity index (χ4n) is 2.91. The number of benzene rings is 1. The first-order valence-corrected chi connectivity index (χ1v) is 7.39. The Bertz CT molecular complexity index is 502. The highest BCUT2D eigenvalue weighted by molar-refractivity contribution is 5.59. The highest BCUT2D eigenvalue weighted by Crippen LogP contribution is 2.35. The fourth-order valence-corrected chi connectivity index (χ4v) is 2.91. The van der Waals surface area contributed by atoms with E-state index in [1.165, 1.54) is 32.1 Å². The molecule has 0 spiro atoms. The van der Waals surface area contributed by atoms with E-state index in [0.717, 1.165) is 11.4 Å². The van der Waals surface area contributed by atoms with Gasteiger partial charge in [-0.2, -0.15) is 5.26 Å². The molecule has 1 unspecified atom stereocenters. The average Bonchev–Trinajstić information content (AvgIpc) is 2.60. The molecule has 2 rings (SSSR count). The third kappa shape index (κ3) is 3.66. The van der Waals surface area contributed by atoms with Crippen molar-refractivity contribution in [1.82, 2.24) is 0 Å². The van der Waals surface area contributed by atoms with Crippen LogP contribution in [0.1, 0.15) is 51.5 Å². The number of nitrogens with zero attached hydrogens (tertiary/aromatic N) is 1. The molecule has 3 heteroatoms. The van der Waals surface area contributed by atoms with Gasteiger partial charge < -0.3 is 10.1 Å². The second-order valence-electron chi connectivity index (χ2n) is 6.46. The normalized spacial score (nSPS) is 21.6. The van der Waals surface area contributed by atoms with E-state index in [1.54, 1.807) is 13.2 Å². The van der Waals surface area contributed by atoms with Gasteiger partial charge in [-0.3, -0.25) is 0 Å². The number of rotatable bonds is 3. The molecule has 1 N–H and O–H groups in total. The summed E-state index contributed by atoms with van der Waals surface area (Å²) in [5.41, 5.74) is 2.09. The highest BCUT2D eigenvalue weighted by Gasteiger charge is 2.24. The van der Waals surface area contributed by atoms with Gasteiger partial charge in [-0.05, 0) is 43.2 Å². The van der Waals surface area contributed by atoms with Gasteiger partial charge in [0.1, 0.15) is 5.75 Å². The van der Waals surface area contributed by atoms with Crippen LogP contribution in [0.25, 0.3) is 0 Å². The van der Waals surface area contributed by atoms with Crippen LogP contribution in [-0.4, -0.2) is 13.2 Å². The number of nitrogens with one attached hydrogen (secondary N) is 1.